The van der Waals surface area contributed by atoms with Gasteiger partial charge in [-0.2, -0.15) is 0 Å². The zero-order chi connectivity index (χ0) is 21.8. The molecule has 5 N–H and O–H groups in total. The summed E-state index contributed by atoms with van der Waals surface area (Å²) in [7, 11) is 1.69. The molecule has 7 nitrogen and oxygen atoms in total. The summed E-state index contributed by atoms with van der Waals surface area (Å²) in [5, 5.41) is 0. The summed E-state index contributed by atoms with van der Waals surface area (Å²) < 4.78 is 0. The first kappa shape index (κ1) is 24.2. The number of carbonyl (C=O) groups excluding carboxylic acids is 2. The summed E-state index contributed by atoms with van der Waals surface area (Å²) in [5.41, 5.74) is 15.6. The Morgan fingerprint density at radius 2 is 1.97 bits per heavy atom. The van der Waals surface area contributed by atoms with Crippen LogP contribution < -0.4 is 16.9 Å². The average Bonchev–Trinajstić information content (AvgIpc) is 2.76. The highest BCUT2D eigenvalue weighted by Crippen LogP contribution is 2.27. The van der Waals surface area contributed by atoms with Crippen molar-refractivity contribution in [2.75, 3.05) is 25.9 Å². The zero-order valence-corrected chi connectivity index (χ0v) is 18.3. The van der Waals surface area contributed by atoms with Crippen LogP contribution in [0.5, 0.6) is 0 Å². The quantitative estimate of drug-likeness (QED) is 0.274. The number of rotatable bonds is 12. The molecule has 1 aliphatic carbocycles. The topological polar surface area (TPSA) is 111 Å². The molecule has 2 amide bonds. The Morgan fingerprint density at radius 1 is 1.20 bits per heavy atom. The second kappa shape index (κ2) is 13.2. The van der Waals surface area contributed by atoms with E-state index in [2.05, 4.69) is 5.48 Å². The number of amides is 2. The van der Waals surface area contributed by atoms with Gasteiger partial charge in [-0.05, 0) is 49.8 Å². The van der Waals surface area contributed by atoms with E-state index in [1.54, 1.807) is 31.3 Å². The van der Waals surface area contributed by atoms with Crippen LogP contribution >= 0.6 is 0 Å². The van der Waals surface area contributed by atoms with E-state index in [4.69, 9.17) is 16.3 Å². The number of nitrogen functional groups attached to an aromatic ring is 1. The fraction of sp³-hybridized carbons (Fsp3) is 0.652. The smallest absolute Gasteiger partial charge is 0.253 e. The summed E-state index contributed by atoms with van der Waals surface area (Å²) in [6, 6.07) is 7.16. The molecule has 1 atom stereocenters. The molecule has 7 heteroatoms. The van der Waals surface area contributed by atoms with Crippen molar-refractivity contribution < 1.29 is 14.4 Å². The average molecular weight is 419 g/mol. The van der Waals surface area contributed by atoms with E-state index in [0.717, 1.165) is 25.7 Å². The molecule has 30 heavy (non-hydrogen) atoms. The highest BCUT2D eigenvalue weighted by atomic mass is 16.6. The van der Waals surface area contributed by atoms with Crippen molar-refractivity contribution in [1.82, 2.24) is 10.4 Å². The number of nitrogens with two attached hydrogens (primary N) is 2. The monoisotopic (exact) mass is 418 g/mol. The van der Waals surface area contributed by atoms with Crippen molar-refractivity contribution in [3.63, 3.8) is 0 Å². The summed E-state index contributed by atoms with van der Waals surface area (Å²) in [6.45, 7) is 0.597. The number of anilines is 1. The number of benzene rings is 1. The van der Waals surface area contributed by atoms with Gasteiger partial charge in [0, 0.05) is 37.3 Å². The van der Waals surface area contributed by atoms with Crippen LogP contribution in [0, 0.1) is 5.92 Å². The molecule has 0 radical (unpaired) electrons. The van der Waals surface area contributed by atoms with Gasteiger partial charge in [0.2, 0.25) is 5.91 Å². The Morgan fingerprint density at radius 3 is 2.70 bits per heavy atom. The lowest BCUT2D eigenvalue weighted by Crippen LogP contribution is -2.33. The fourth-order valence-corrected chi connectivity index (χ4v) is 4.00. The Kier molecular flexibility index (Phi) is 10.7. The first-order valence-corrected chi connectivity index (χ1v) is 11.2. The van der Waals surface area contributed by atoms with Gasteiger partial charge in [-0.15, -0.1) is 0 Å². The van der Waals surface area contributed by atoms with Crippen molar-refractivity contribution in [2.45, 2.75) is 70.3 Å². The maximum atomic E-state index is 12.3. The summed E-state index contributed by atoms with van der Waals surface area (Å²) >= 11 is 0. The molecule has 1 aliphatic rings. The van der Waals surface area contributed by atoms with E-state index in [1.807, 2.05) is 0 Å². The molecule has 2 rings (SSSR count). The number of hydrogen-bond acceptors (Lipinski definition) is 5. The van der Waals surface area contributed by atoms with Gasteiger partial charge in [-0.1, -0.05) is 38.2 Å². The lowest BCUT2D eigenvalue weighted by atomic mass is 9.82. The molecule has 1 aromatic carbocycles. The highest BCUT2D eigenvalue weighted by molar-refractivity contribution is 5.94. The van der Waals surface area contributed by atoms with Gasteiger partial charge in [-0.25, -0.2) is 5.48 Å². The number of likely N-dealkylation sites (N-methyl/N-ethyl adjacent to an activating group) is 1. The molecular formula is C23H38N4O3. The lowest BCUT2D eigenvalue weighted by Gasteiger charge is -2.27. The van der Waals surface area contributed by atoms with E-state index >= 15 is 0 Å². The Labute approximate surface area is 180 Å². The van der Waals surface area contributed by atoms with Gasteiger partial charge >= 0.3 is 0 Å². The van der Waals surface area contributed by atoms with E-state index in [1.165, 1.54) is 37.0 Å². The zero-order valence-electron chi connectivity index (χ0n) is 18.3. The van der Waals surface area contributed by atoms with E-state index in [9.17, 15) is 9.59 Å². The Hall–Kier alpha value is -2.12. The number of carbonyl (C=O) groups is 2. The standard InChI is InChI=1S/C23H38N4O3/c1-27(23(29)19-11-8-12-20(24)17-19)15-16-30-26-22(28)14-7-3-6-13-21(25)18-9-4-2-5-10-18/h8,11-12,17-18,21H,2-7,9-10,13-16,24-25H2,1H3,(H,26,28). The first-order valence-electron chi connectivity index (χ1n) is 11.2. The van der Waals surface area contributed by atoms with Crippen LogP contribution in [-0.4, -0.2) is 43.0 Å². The summed E-state index contributed by atoms with van der Waals surface area (Å²) in [4.78, 5) is 30.9. The Balaban J connectivity index is 1.49. The number of unbranched alkanes of at least 4 members (excludes halogenated alkanes) is 2. The normalized spacial score (nSPS) is 15.5. The van der Waals surface area contributed by atoms with Crippen molar-refractivity contribution in [3.05, 3.63) is 29.8 Å². The highest BCUT2D eigenvalue weighted by Gasteiger charge is 2.19. The minimum absolute atomic E-state index is 0.128. The molecule has 0 spiro atoms. The van der Waals surface area contributed by atoms with Crippen molar-refractivity contribution in [3.8, 4) is 0 Å². The molecule has 0 aromatic heterocycles. The van der Waals surface area contributed by atoms with Crippen LogP contribution in [0.25, 0.3) is 0 Å². The van der Waals surface area contributed by atoms with Crippen LogP contribution in [0.2, 0.25) is 0 Å². The second-order valence-corrected chi connectivity index (χ2v) is 8.39. The maximum Gasteiger partial charge on any atom is 0.253 e. The molecule has 168 valence electrons. The number of hydrogen-bond donors (Lipinski definition) is 3. The molecule has 0 saturated heterocycles. The van der Waals surface area contributed by atoms with Gasteiger partial charge in [0.15, 0.2) is 0 Å². The van der Waals surface area contributed by atoms with Crippen molar-refractivity contribution >= 4 is 17.5 Å². The maximum absolute atomic E-state index is 12.3. The van der Waals surface area contributed by atoms with Crippen LogP contribution in [0.15, 0.2) is 24.3 Å². The van der Waals surface area contributed by atoms with E-state index < -0.39 is 0 Å². The second-order valence-electron chi connectivity index (χ2n) is 8.39. The SMILES string of the molecule is CN(CCONC(=O)CCCCCC(N)C1CCCCC1)C(=O)c1cccc(N)c1. The Bertz CT molecular complexity index is 662. The van der Waals surface area contributed by atoms with Gasteiger partial charge in [0.25, 0.3) is 5.91 Å². The summed E-state index contributed by atoms with van der Waals surface area (Å²) in [5.74, 6) is 0.430. The third-order valence-electron chi connectivity index (χ3n) is 5.89. The minimum atomic E-state index is -0.135. The summed E-state index contributed by atoms with van der Waals surface area (Å²) in [6.07, 6.45) is 11.0. The van der Waals surface area contributed by atoms with Crippen LogP contribution in [0.3, 0.4) is 0 Å². The molecule has 0 bridgehead atoms. The molecular weight excluding hydrogens is 380 g/mol. The lowest BCUT2D eigenvalue weighted by molar-refractivity contribution is -0.133. The third kappa shape index (κ3) is 8.71. The van der Waals surface area contributed by atoms with E-state index in [0.29, 0.717) is 36.2 Å². The first-order chi connectivity index (χ1) is 14.5. The van der Waals surface area contributed by atoms with Gasteiger partial charge in [-0.3, -0.25) is 14.4 Å². The van der Waals surface area contributed by atoms with E-state index in [-0.39, 0.29) is 18.4 Å². The van der Waals surface area contributed by atoms with Crippen LogP contribution in [0.4, 0.5) is 5.69 Å². The predicted octanol–water partition coefficient (Wildman–Crippen LogP) is 3.25. The number of hydroxylamine groups is 1. The largest absolute Gasteiger partial charge is 0.399 e. The molecule has 1 saturated carbocycles. The molecule has 1 aromatic rings. The molecule has 0 aliphatic heterocycles. The fourth-order valence-electron chi connectivity index (χ4n) is 4.00. The molecule has 1 fully saturated rings. The van der Waals surface area contributed by atoms with Crippen molar-refractivity contribution in [2.24, 2.45) is 11.7 Å². The molecule has 0 heterocycles. The third-order valence-corrected chi connectivity index (χ3v) is 5.89. The van der Waals surface area contributed by atoms with Gasteiger partial charge in [0.1, 0.15) is 0 Å². The van der Waals surface area contributed by atoms with Crippen molar-refractivity contribution in [1.29, 1.82) is 0 Å². The number of nitrogens with one attached hydrogen (secondary N) is 1. The van der Waals surface area contributed by atoms with Gasteiger partial charge < -0.3 is 16.4 Å². The number of nitrogens with zero attached hydrogens (tertiary/aromatic N) is 1. The predicted molar refractivity (Wildman–Crippen MR) is 120 cm³/mol. The van der Waals surface area contributed by atoms with Crippen LogP contribution in [-0.2, 0) is 9.63 Å². The molecule has 1 unspecified atom stereocenters. The minimum Gasteiger partial charge on any atom is -0.399 e. The van der Waals surface area contributed by atoms with Gasteiger partial charge in [0.05, 0.1) is 6.61 Å². The van der Waals surface area contributed by atoms with Crippen LogP contribution in [0.1, 0.15) is 74.6 Å².